The molecule has 0 spiro atoms. The number of nitro groups is 1. The second kappa shape index (κ2) is 7.21. The van der Waals surface area contributed by atoms with E-state index in [-0.39, 0.29) is 5.00 Å². The molecule has 1 N–H and O–H groups in total. The van der Waals surface area contributed by atoms with Crippen LogP contribution in [0.5, 0.6) is 0 Å². The summed E-state index contributed by atoms with van der Waals surface area (Å²) >= 11 is 1.09. The summed E-state index contributed by atoms with van der Waals surface area (Å²) in [5.41, 5.74) is 0. The summed E-state index contributed by atoms with van der Waals surface area (Å²) in [5, 5.41) is 14.4. The highest BCUT2D eigenvalue weighted by atomic mass is 32.1. The Labute approximate surface area is 105 Å². The molecule has 0 fully saturated rings. The van der Waals surface area contributed by atoms with Crippen LogP contribution in [0, 0.1) is 10.1 Å². The third kappa shape index (κ3) is 5.12. The van der Waals surface area contributed by atoms with E-state index >= 15 is 0 Å². The van der Waals surface area contributed by atoms with Gasteiger partial charge >= 0.3 is 5.00 Å². The first-order valence-electron chi connectivity index (χ1n) is 6.00. The van der Waals surface area contributed by atoms with Crippen molar-refractivity contribution in [2.45, 2.75) is 52.0 Å². The summed E-state index contributed by atoms with van der Waals surface area (Å²) in [6, 6.07) is 0.317. The van der Waals surface area contributed by atoms with Gasteiger partial charge in [0.15, 0.2) is 5.13 Å². The Morgan fingerprint density at radius 1 is 1.53 bits per heavy atom. The predicted octanol–water partition coefficient (Wildman–Crippen LogP) is 3.82. The van der Waals surface area contributed by atoms with Crippen LogP contribution >= 0.6 is 11.3 Å². The molecule has 5 nitrogen and oxygen atoms in total. The van der Waals surface area contributed by atoms with E-state index in [2.05, 4.69) is 24.1 Å². The van der Waals surface area contributed by atoms with Gasteiger partial charge in [-0.1, -0.05) is 32.6 Å². The van der Waals surface area contributed by atoms with Gasteiger partial charge in [-0.3, -0.25) is 10.1 Å². The lowest BCUT2D eigenvalue weighted by molar-refractivity contribution is -0.380. The zero-order valence-electron chi connectivity index (χ0n) is 10.3. The molecule has 0 aliphatic rings. The second-order valence-corrected chi connectivity index (χ2v) is 5.16. The van der Waals surface area contributed by atoms with Crippen molar-refractivity contribution in [1.82, 2.24) is 4.98 Å². The molecule has 17 heavy (non-hydrogen) atoms. The fourth-order valence-corrected chi connectivity index (χ4v) is 2.32. The lowest BCUT2D eigenvalue weighted by atomic mass is 10.1. The molecule has 6 heteroatoms. The summed E-state index contributed by atoms with van der Waals surface area (Å²) in [5.74, 6) is 0. The first-order chi connectivity index (χ1) is 8.13. The molecule has 0 aliphatic carbocycles. The molecule has 1 aromatic heterocycles. The van der Waals surface area contributed by atoms with Gasteiger partial charge < -0.3 is 5.32 Å². The maximum Gasteiger partial charge on any atom is 0.345 e. The largest absolute Gasteiger partial charge is 0.359 e. The van der Waals surface area contributed by atoms with E-state index in [9.17, 15) is 10.1 Å². The van der Waals surface area contributed by atoms with E-state index in [0.717, 1.165) is 17.8 Å². The number of unbranched alkanes of at least 4 members (excludes halogenated alkanes) is 3. The zero-order valence-corrected chi connectivity index (χ0v) is 11.1. The predicted molar refractivity (Wildman–Crippen MR) is 70.6 cm³/mol. The van der Waals surface area contributed by atoms with Gasteiger partial charge in [-0.25, -0.2) is 4.98 Å². The van der Waals surface area contributed by atoms with Crippen molar-refractivity contribution in [2.75, 3.05) is 5.32 Å². The molecule has 0 saturated heterocycles. The molecule has 0 aromatic carbocycles. The van der Waals surface area contributed by atoms with Crippen molar-refractivity contribution in [2.24, 2.45) is 0 Å². The Balaban J connectivity index is 2.29. The number of nitrogens with one attached hydrogen (secondary N) is 1. The first kappa shape index (κ1) is 13.9. The van der Waals surface area contributed by atoms with Crippen molar-refractivity contribution in [1.29, 1.82) is 0 Å². The molecular weight excluding hydrogens is 238 g/mol. The van der Waals surface area contributed by atoms with Crippen LogP contribution < -0.4 is 5.32 Å². The summed E-state index contributed by atoms with van der Waals surface area (Å²) < 4.78 is 0. The van der Waals surface area contributed by atoms with Crippen LogP contribution in [-0.4, -0.2) is 15.9 Å². The van der Waals surface area contributed by atoms with Crippen LogP contribution in [0.15, 0.2) is 6.20 Å². The first-order valence-corrected chi connectivity index (χ1v) is 6.82. The topological polar surface area (TPSA) is 68.1 Å². The van der Waals surface area contributed by atoms with Crippen LogP contribution in [0.3, 0.4) is 0 Å². The Hall–Kier alpha value is -1.17. The second-order valence-electron chi connectivity index (χ2n) is 4.16. The van der Waals surface area contributed by atoms with Crippen molar-refractivity contribution >= 4 is 21.5 Å². The van der Waals surface area contributed by atoms with Crippen LogP contribution in [0.1, 0.15) is 46.0 Å². The van der Waals surface area contributed by atoms with E-state index in [4.69, 9.17) is 0 Å². The number of rotatable bonds is 8. The number of hydrogen-bond acceptors (Lipinski definition) is 5. The van der Waals surface area contributed by atoms with Crippen LogP contribution in [-0.2, 0) is 0 Å². The highest BCUT2D eigenvalue weighted by Crippen LogP contribution is 2.25. The zero-order chi connectivity index (χ0) is 12.7. The van der Waals surface area contributed by atoms with Gasteiger partial charge in [-0.15, -0.1) is 0 Å². The van der Waals surface area contributed by atoms with Crippen LogP contribution in [0.4, 0.5) is 10.1 Å². The molecule has 0 aliphatic heterocycles. The Morgan fingerprint density at radius 3 is 2.88 bits per heavy atom. The van der Waals surface area contributed by atoms with Crippen molar-refractivity contribution < 1.29 is 4.92 Å². The molecular formula is C11H19N3O2S. The van der Waals surface area contributed by atoms with Gasteiger partial charge in [-0.05, 0) is 24.7 Å². The maximum absolute atomic E-state index is 10.5. The van der Waals surface area contributed by atoms with Gasteiger partial charge in [0.25, 0.3) is 0 Å². The van der Waals surface area contributed by atoms with E-state index in [0.29, 0.717) is 11.2 Å². The number of aromatic nitrogens is 1. The third-order valence-electron chi connectivity index (χ3n) is 2.53. The summed E-state index contributed by atoms with van der Waals surface area (Å²) in [4.78, 5) is 14.1. The summed E-state index contributed by atoms with van der Waals surface area (Å²) in [6.07, 6.45) is 7.33. The fraction of sp³-hybridized carbons (Fsp3) is 0.727. The Kier molecular flexibility index (Phi) is 5.90. The molecule has 1 atom stereocenters. The Morgan fingerprint density at radius 2 is 2.29 bits per heavy atom. The number of thiazole rings is 1. The molecule has 0 amide bonds. The van der Waals surface area contributed by atoms with Crippen LogP contribution in [0.2, 0.25) is 0 Å². The fourth-order valence-electron chi connectivity index (χ4n) is 1.58. The van der Waals surface area contributed by atoms with Gasteiger partial charge in [-0.2, -0.15) is 0 Å². The third-order valence-corrected chi connectivity index (χ3v) is 3.41. The Bertz CT molecular complexity index is 354. The van der Waals surface area contributed by atoms with Crippen molar-refractivity contribution in [3.05, 3.63) is 16.3 Å². The van der Waals surface area contributed by atoms with Crippen LogP contribution in [0.25, 0.3) is 0 Å². The molecule has 0 saturated carbocycles. The minimum Gasteiger partial charge on any atom is -0.359 e. The van der Waals surface area contributed by atoms with Gasteiger partial charge in [0.05, 0.1) is 4.92 Å². The van der Waals surface area contributed by atoms with Crippen molar-refractivity contribution in [3.8, 4) is 0 Å². The normalized spacial score (nSPS) is 12.4. The SMILES string of the molecule is CCCCCCC(C)Nc1ncc([N+](=O)[O-])s1. The lowest BCUT2D eigenvalue weighted by Gasteiger charge is -2.11. The summed E-state index contributed by atoms with van der Waals surface area (Å²) in [6.45, 7) is 4.27. The molecule has 0 bridgehead atoms. The summed E-state index contributed by atoms with van der Waals surface area (Å²) in [7, 11) is 0. The minimum absolute atomic E-state index is 0.0886. The van der Waals surface area contributed by atoms with Crippen molar-refractivity contribution in [3.63, 3.8) is 0 Å². The standard InChI is InChI=1S/C11H19N3O2S/c1-3-4-5-6-7-9(2)13-11-12-8-10(17-11)14(15)16/h8-9H,3-7H2,1-2H3,(H,12,13). The van der Waals surface area contributed by atoms with E-state index in [1.807, 2.05) is 0 Å². The minimum atomic E-state index is -0.408. The average molecular weight is 257 g/mol. The molecule has 0 radical (unpaired) electrons. The van der Waals surface area contributed by atoms with E-state index < -0.39 is 4.92 Å². The van der Waals surface area contributed by atoms with Gasteiger partial charge in [0.1, 0.15) is 6.20 Å². The van der Waals surface area contributed by atoms with Gasteiger partial charge in [0, 0.05) is 6.04 Å². The monoisotopic (exact) mass is 257 g/mol. The molecule has 1 heterocycles. The molecule has 1 aromatic rings. The van der Waals surface area contributed by atoms with E-state index in [1.54, 1.807) is 0 Å². The molecule has 1 rings (SSSR count). The lowest BCUT2D eigenvalue weighted by Crippen LogP contribution is -2.14. The molecule has 1 unspecified atom stereocenters. The molecule has 96 valence electrons. The van der Waals surface area contributed by atoms with E-state index in [1.165, 1.54) is 31.9 Å². The van der Waals surface area contributed by atoms with Gasteiger partial charge in [0.2, 0.25) is 0 Å². The number of nitrogens with zero attached hydrogens (tertiary/aromatic N) is 2. The quantitative estimate of drug-likeness (QED) is 0.436. The average Bonchev–Trinajstić information content (AvgIpc) is 2.73. The smallest absolute Gasteiger partial charge is 0.345 e. The highest BCUT2D eigenvalue weighted by Gasteiger charge is 2.12. The number of anilines is 1. The number of hydrogen-bond donors (Lipinski definition) is 1. The highest BCUT2D eigenvalue weighted by molar-refractivity contribution is 7.18. The maximum atomic E-state index is 10.5.